The van der Waals surface area contributed by atoms with Gasteiger partial charge in [0.2, 0.25) is 5.91 Å². The number of amides is 1. The van der Waals surface area contributed by atoms with Crippen molar-refractivity contribution in [2.24, 2.45) is 0 Å². The number of nitrogens with zero attached hydrogens (tertiary/aromatic N) is 1. The number of hydrogen-bond donors (Lipinski definition) is 2. The predicted molar refractivity (Wildman–Crippen MR) is 97.8 cm³/mol. The van der Waals surface area contributed by atoms with E-state index in [4.69, 9.17) is 4.74 Å². The van der Waals surface area contributed by atoms with Gasteiger partial charge in [0, 0.05) is 6.04 Å². The van der Waals surface area contributed by atoms with Crippen LogP contribution in [-0.4, -0.2) is 42.2 Å². The molecule has 5 heteroatoms. The first-order chi connectivity index (χ1) is 12.1. The Morgan fingerprint density at radius 3 is 2.68 bits per heavy atom. The molecule has 1 aliphatic carbocycles. The molecule has 0 heterocycles. The number of ether oxygens (including phenoxy) is 1. The van der Waals surface area contributed by atoms with Gasteiger partial charge >= 0.3 is 0 Å². The first kappa shape index (κ1) is 17.5. The minimum atomic E-state index is -0.560. The van der Waals surface area contributed by atoms with Gasteiger partial charge in [0.05, 0.1) is 25.4 Å². The second-order valence-corrected chi connectivity index (χ2v) is 6.23. The van der Waals surface area contributed by atoms with E-state index in [1.54, 1.807) is 7.11 Å². The summed E-state index contributed by atoms with van der Waals surface area (Å²) in [5.74, 6) is 0.515. The Bertz CT molecular complexity index is 747. The summed E-state index contributed by atoms with van der Waals surface area (Å²) in [6, 6.07) is 15.2. The summed E-state index contributed by atoms with van der Waals surface area (Å²) in [7, 11) is 1.58. The summed E-state index contributed by atoms with van der Waals surface area (Å²) >= 11 is 0. The highest BCUT2D eigenvalue weighted by Crippen LogP contribution is 2.34. The molecule has 0 fully saturated rings. The average Bonchev–Trinajstić information content (AvgIpc) is 2.97. The van der Waals surface area contributed by atoms with Gasteiger partial charge in [-0.25, -0.2) is 0 Å². The summed E-state index contributed by atoms with van der Waals surface area (Å²) in [6.45, 7) is 2.92. The molecule has 0 spiro atoms. The van der Waals surface area contributed by atoms with Crippen LogP contribution in [0.15, 0.2) is 48.5 Å². The molecule has 2 aromatic rings. The Balaban J connectivity index is 1.68. The van der Waals surface area contributed by atoms with E-state index in [1.807, 2.05) is 60.4 Å². The van der Waals surface area contributed by atoms with Gasteiger partial charge in [-0.1, -0.05) is 43.3 Å². The molecule has 0 radical (unpaired) electrons. The molecule has 5 nitrogen and oxygen atoms in total. The van der Waals surface area contributed by atoms with Gasteiger partial charge in [-0.05, 0) is 36.2 Å². The van der Waals surface area contributed by atoms with Gasteiger partial charge in [0.25, 0.3) is 0 Å². The Labute approximate surface area is 148 Å². The molecule has 132 valence electrons. The van der Waals surface area contributed by atoms with E-state index < -0.39 is 6.10 Å². The third kappa shape index (κ3) is 3.67. The minimum absolute atomic E-state index is 0.0779. The number of hydrogen-bond acceptors (Lipinski definition) is 4. The number of fused-ring (bicyclic) bond motifs is 1. The van der Waals surface area contributed by atoms with Crippen molar-refractivity contribution in [1.29, 1.82) is 0 Å². The summed E-state index contributed by atoms with van der Waals surface area (Å²) in [4.78, 5) is 14.5. The second kappa shape index (κ2) is 7.68. The Morgan fingerprint density at radius 1 is 1.24 bits per heavy atom. The summed E-state index contributed by atoms with van der Waals surface area (Å²) < 4.78 is 5.27. The fourth-order valence-corrected chi connectivity index (χ4v) is 3.47. The standard InChI is InChI=1S/C20H24N2O3/c1-3-22(17-12-14-8-4-5-9-15(14)20(17)24)13-19(23)21-16-10-6-7-11-18(16)25-2/h4-11,17,20,24H,3,12-13H2,1-2H3,(H,21,23). The number of anilines is 1. The van der Waals surface area contributed by atoms with Crippen LogP contribution in [0.5, 0.6) is 5.75 Å². The number of aliphatic hydroxyl groups excluding tert-OH is 1. The van der Waals surface area contributed by atoms with Crippen LogP contribution in [0.1, 0.15) is 24.2 Å². The zero-order valence-corrected chi connectivity index (χ0v) is 14.6. The van der Waals surface area contributed by atoms with Gasteiger partial charge in [-0.15, -0.1) is 0 Å². The molecular formula is C20H24N2O3. The summed E-state index contributed by atoms with van der Waals surface area (Å²) in [5.41, 5.74) is 2.78. The van der Waals surface area contributed by atoms with E-state index in [2.05, 4.69) is 5.32 Å². The number of aliphatic hydroxyl groups is 1. The van der Waals surface area contributed by atoms with Crippen molar-refractivity contribution in [3.8, 4) is 5.75 Å². The molecular weight excluding hydrogens is 316 g/mol. The fourth-order valence-electron chi connectivity index (χ4n) is 3.47. The van der Waals surface area contributed by atoms with Crippen molar-refractivity contribution >= 4 is 11.6 Å². The lowest BCUT2D eigenvalue weighted by atomic mass is 10.1. The minimum Gasteiger partial charge on any atom is -0.495 e. The van der Waals surface area contributed by atoms with E-state index in [1.165, 1.54) is 0 Å². The van der Waals surface area contributed by atoms with Crippen LogP contribution in [0.4, 0.5) is 5.69 Å². The van der Waals surface area contributed by atoms with E-state index in [0.717, 1.165) is 17.5 Å². The van der Waals surface area contributed by atoms with Crippen LogP contribution in [0.2, 0.25) is 0 Å². The summed E-state index contributed by atoms with van der Waals surface area (Å²) in [5, 5.41) is 13.5. The molecule has 0 bridgehead atoms. The first-order valence-corrected chi connectivity index (χ1v) is 8.56. The lowest BCUT2D eigenvalue weighted by Gasteiger charge is -2.29. The van der Waals surface area contributed by atoms with Crippen LogP contribution in [-0.2, 0) is 11.2 Å². The number of benzene rings is 2. The van der Waals surface area contributed by atoms with E-state index in [-0.39, 0.29) is 18.5 Å². The van der Waals surface area contributed by atoms with Crippen molar-refractivity contribution < 1.29 is 14.6 Å². The van der Waals surface area contributed by atoms with Crippen LogP contribution in [0.25, 0.3) is 0 Å². The molecule has 2 N–H and O–H groups in total. The maximum Gasteiger partial charge on any atom is 0.238 e. The van der Waals surface area contributed by atoms with Crippen molar-refractivity contribution in [3.05, 3.63) is 59.7 Å². The zero-order valence-electron chi connectivity index (χ0n) is 14.6. The number of para-hydroxylation sites is 2. The van der Waals surface area contributed by atoms with Gasteiger partial charge in [0.15, 0.2) is 0 Å². The van der Waals surface area contributed by atoms with Gasteiger partial charge in [0.1, 0.15) is 5.75 Å². The number of likely N-dealkylation sites (N-methyl/N-ethyl adjacent to an activating group) is 1. The highest BCUT2D eigenvalue weighted by atomic mass is 16.5. The van der Waals surface area contributed by atoms with Crippen molar-refractivity contribution in [2.75, 3.05) is 25.5 Å². The predicted octanol–water partition coefficient (Wildman–Crippen LogP) is 2.61. The number of nitrogens with one attached hydrogen (secondary N) is 1. The van der Waals surface area contributed by atoms with Crippen molar-refractivity contribution in [3.63, 3.8) is 0 Å². The van der Waals surface area contributed by atoms with Crippen LogP contribution in [0, 0.1) is 0 Å². The maximum atomic E-state index is 12.5. The smallest absolute Gasteiger partial charge is 0.238 e. The fraction of sp³-hybridized carbons (Fsp3) is 0.350. The maximum absolute atomic E-state index is 12.5. The van der Waals surface area contributed by atoms with Crippen molar-refractivity contribution in [1.82, 2.24) is 4.90 Å². The lowest BCUT2D eigenvalue weighted by molar-refractivity contribution is -0.118. The van der Waals surface area contributed by atoms with Gasteiger partial charge < -0.3 is 15.2 Å². The van der Waals surface area contributed by atoms with E-state index in [9.17, 15) is 9.90 Å². The third-order valence-electron chi connectivity index (χ3n) is 4.77. The normalized spacial score (nSPS) is 18.9. The Hall–Kier alpha value is -2.37. The van der Waals surface area contributed by atoms with Gasteiger partial charge in [-0.3, -0.25) is 9.69 Å². The van der Waals surface area contributed by atoms with Crippen LogP contribution in [0.3, 0.4) is 0 Å². The molecule has 3 rings (SSSR count). The topological polar surface area (TPSA) is 61.8 Å². The number of methoxy groups -OCH3 is 1. The van der Waals surface area contributed by atoms with Crippen molar-refractivity contribution in [2.45, 2.75) is 25.5 Å². The van der Waals surface area contributed by atoms with Crippen LogP contribution >= 0.6 is 0 Å². The Kier molecular flexibility index (Phi) is 5.36. The Morgan fingerprint density at radius 2 is 1.96 bits per heavy atom. The first-order valence-electron chi connectivity index (χ1n) is 8.56. The van der Waals surface area contributed by atoms with Crippen LogP contribution < -0.4 is 10.1 Å². The average molecular weight is 340 g/mol. The highest BCUT2D eigenvalue weighted by molar-refractivity contribution is 5.93. The number of rotatable bonds is 6. The largest absolute Gasteiger partial charge is 0.495 e. The third-order valence-corrected chi connectivity index (χ3v) is 4.77. The monoisotopic (exact) mass is 340 g/mol. The SMILES string of the molecule is CCN(CC(=O)Nc1ccccc1OC)C1Cc2ccccc2C1O. The molecule has 2 aromatic carbocycles. The molecule has 0 aromatic heterocycles. The summed E-state index contributed by atoms with van der Waals surface area (Å²) in [6.07, 6.45) is 0.197. The number of carbonyl (C=O) groups excluding carboxylic acids is 1. The highest BCUT2D eigenvalue weighted by Gasteiger charge is 2.34. The molecule has 1 amide bonds. The molecule has 0 aliphatic heterocycles. The quantitative estimate of drug-likeness (QED) is 0.849. The molecule has 0 saturated carbocycles. The molecule has 2 atom stereocenters. The lowest BCUT2D eigenvalue weighted by Crippen LogP contribution is -2.43. The van der Waals surface area contributed by atoms with E-state index in [0.29, 0.717) is 18.0 Å². The molecule has 2 unspecified atom stereocenters. The molecule has 1 aliphatic rings. The zero-order chi connectivity index (χ0) is 17.8. The number of carbonyl (C=O) groups is 1. The second-order valence-electron chi connectivity index (χ2n) is 6.23. The van der Waals surface area contributed by atoms with Gasteiger partial charge in [-0.2, -0.15) is 0 Å². The molecule has 25 heavy (non-hydrogen) atoms. The van der Waals surface area contributed by atoms with E-state index >= 15 is 0 Å². The molecule has 0 saturated heterocycles.